The molecule has 0 bridgehead atoms. The molecule has 0 aliphatic carbocycles. The van der Waals surface area contributed by atoms with Crippen LogP contribution >= 0.6 is 0 Å². The van der Waals surface area contributed by atoms with E-state index in [1.54, 1.807) is 0 Å². The molecule has 0 atom stereocenters. The average Bonchev–Trinajstić information content (AvgIpc) is 2.44. The number of carbonyl (C=O) groups is 1. The minimum absolute atomic E-state index is 0.0432. The van der Waals surface area contributed by atoms with Gasteiger partial charge in [-0.15, -0.1) is 0 Å². The largest absolute Gasteiger partial charge is 0.403 e. The van der Waals surface area contributed by atoms with Crippen molar-refractivity contribution in [2.45, 2.75) is 19.9 Å². The molecule has 1 aliphatic heterocycles. The second kappa shape index (κ2) is 3.46. The first-order chi connectivity index (χ1) is 7.09. The van der Waals surface area contributed by atoms with Crippen LogP contribution in [0.15, 0.2) is 23.2 Å². The Morgan fingerprint density at radius 2 is 2.13 bits per heavy atom. The predicted octanol–water partition coefficient (Wildman–Crippen LogP) is 2.15. The van der Waals surface area contributed by atoms with E-state index in [1.165, 1.54) is 18.2 Å². The van der Waals surface area contributed by atoms with Crippen LogP contribution in [0.2, 0.25) is 0 Å². The van der Waals surface area contributed by atoms with E-state index in [9.17, 15) is 9.18 Å². The van der Waals surface area contributed by atoms with E-state index in [0.717, 1.165) is 0 Å². The van der Waals surface area contributed by atoms with Crippen molar-refractivity contribution in [3.8, 4) is 0 Å². The summed E-state index contributed by atoms with van der Waals surface area (Å²) in [4.78, 5) is 15.4. The summed E-state index contributed by atoms with van der Waals surface area (Å²) < 4.78 is 18.3. The van der Waals surface area contributed by atoms with E-state index in [4.69, 9.17) is 4.74 Å². The Hall–Kier alpha value is -1.71. The van der Waals surface area contributed by atoms with E-state index in [1.807, 2.05) is 13.8 Å². The Bertz CT molecular complexity index is 452. The zero-order valence-electron chi connectivity index (χ0n) is 8.45. The maximum absolute atomic E-state index is 13.5. The molecule has 0 unspecified atom stereocenters. The summed E-state index contributed by atoms with van der Waals surface area (Å²) in [5.41, 5.74) is 0.422. The molecule has 1 heterocycles. The highest BCUT2D eigenvalue weighted by Gasteiger charge is 2.30. The molecule has 0 spiro atoms. The quantitative estimate of drug-likeness (QED) is 0.662. The van der Waals surface area contributed by atoms with Crippen molar-refractivity contribution in [3.63, 3.8) is 0 Å². The summed E-state index contributed by atoms with van der Waals surface area (Å²) in [7, 11) is 0. The summed E-state index contributed by atoms with van der Waals surface area (Å²) in [6.07, 6.45) is 0. The number of hydrogen-bond donors (Lipinski definition) is 0. The Morgan fingerprint density at radius 1 is 1.40 bits per heavy atom. The molecule has 0 amide bonds. The molecule has 78 valence electrons. The molecule has 0 radical (unpaired) electrons. The van der Waals surface area contributed by atoms with Crippen molar-refractivity contribution in [1.29, 1.82) is 0 Å². The number of ether oxygens (including phenoxy) is 1. The molecular formula is C11H10FNO2. The highest BCUT2D eigenvalue weighted by Crippen LogP contribution is 2.23. The number of esters is 1. The molecule has 3 nitrogen and oxygen atoms in total. The Balaban J connectivity index is 2.58. The Morgan fingerprint density at radius 3 is 2.80 bits per heavy atom. The van der Waals surface area contributed by atoms with Gasteiger partial charge < -0.3 is 4.74 Å². The molecule has 1 aromatic carbocycles. The normalized spacial score (nSPS) is 17.1. The first-order valence-electron chi connectivity index (χ1n) is 4.68. The SMILES string of the molecule is CC(C)N=C1OC(=O)c2cccc(F)c21. The van der Waals surface area contributed by atoms with Crippen LogP contribution in [0.1, 0.15) is 29.8 Å². The number of hydrogen-bond acceptors (Lipinski definition) is 3. The van der Waals surface area contributed by atoms with Gasteiger partial charge in [-0.05, 0) is 26.0 Å². The Labute approximate surface area is 86.6 Å². The number of fused-ring (bicyclic) bond motifs is 1. The number of benzene rings is 1. The molecule has 2 rings (SSSR count). The fourth-order valence-corrected chi connectivity index (χ4v) is 1.43. The van der Waals surface area contributed by atoms with Crippen LogP contribution in [0.5, 0.6) is 0 Å². The van der Waals surface area contributed by atoms with Crippen molar-refractivity contribution >= 4 is 11.9 Å². The van der Waals surface area contributed by atoms with Crippen LogP contribution < -0.4 is 0 Å². The lowest BCUT2D eigenvalue weighted by atomic mass is 10.1. The van der Waals surface area contributed by atoms with Gasteiger partial charge in [0.2, 0.25) is 5.90 Å². The van der Waals surface area contributed by atoms with E-state index < -0.39 is 11.8 Å². The second-order valence-electron chi connectivity index (χ2n) is 3.58. The number of halogens is 1. The molecule has 0 saturated heterocycles. The molecule has 1 aromatic rings. The molecule has 0 fully saturated rings. The second-order valence-corrected chi connectivity index (χ2v) is 3.58. The minimum atomic E-state index is -0.538. The summed E-state index contributed by atoms with van der Waals surface area (Å²) in [5, 5.41) is 0. The van der Waals surface area contributed by atoms with Gasteiger partial charge in [-0.2, -0.15) is 0 Å². The zero-order valence-corrected chi connectivity index (χ0v) is 8.45. The summed E-state index contributed by atoms with van der Waals surface area (Å²) in [6.45, 7) is 3.67. The smallest absolute Gasteiger partial charge is 0.345 e. The average molecular weight is 207 g/mol. The first-order valence-corrected chi connectivity index (χ1v) is 4.68. The number of rotatable bonds is 1. The topological polar surface area (TPSA) is 38.7 Å². The van der Waals surface area contributed by atoms with E-state index in [-0.39, 0.29) is 23.1 Å². The van der Waals surface area contributed by atoms with E-state index >= 15 is 0 Å². The number of aliphatic imine (C=N–C) groups is 1. The van der Waals surface area contributed by atoms with Crippen LogP contribution in [0.4, 0.5) is 4.39 Å². The van der Waals surface area contributed by atoms with Gasteiger partial charge in [0.1, 0.15) is 5.82 Å². The molecular weight excluding hydrogens is 197 g/mol. The molecule has 0 aromatic heterocycles. The van der Waals surface area contributed by atoms with Crippen LogP contribution in [0, 0.1) is 5.82 Å². The van der Waals surface area contributed by atoms with Crippen molar-refractivity contribution in [3.05, 3.63) is 35.1 Å². The molecule has 0 N–H and O–H groups in total. The lowest BCUT2D eigenvalue weighted by molar-refractivity contribution is 0.0736. The molecule has 4 heteroatoms. The minimum Gasteiger partial charge on any atom is -0.403 e. The standard InChI is InChI=1S/C11H10FNO2/c1-6(2)13-10-9-7(11(14)15-10)4-3-5-8(9)12/h3-6H,1-2H3. The van der Waals surface area contributed by atoms with Gasteiger partial charge >= 0.3 is 5.97 Å². The first kappa shape index (κ1) is 9.83. The highest BCUT2D eigenvalue weighted by molar-refractivity contribution is 6.16. The third-order valence-electron chi connectivity index (χ3n) is 2.01. The van der Waals surface area contributed by atoms with Gasteiger partial charge in [0.25, 0.3) is 0 Å². The lowest BCUT2D eigenvalue weighted by Crippen LogP contribution is -2.05. The number of cyclic esters (lactones) is 1. The highest BCUT2D eigenvalue weighted by atomic mass is 19.1. The van der Waals surface area contributed by atoms with Crippen LogP contribution in [0.3, 0.4) is 0 Å². The van der Waals surface area contributed by atoms with Crippen LogP contribution in [-0.4, -0.2) is 17.9 Å². The van der Waals surface area contributed by atoms with Gasteiger partial charge in [-0.1, -0.05) is 6.07 Å². The number of carbonyl (C=O) groups excluding carboxylic acids is 1. The molecule has 0 saturated carbocycles. The van der Waals surface area contributed by atoms with Gasteiger partial charge in [0.15, 0.2) is 0 Å². The summed E-state index contributed by atoms with van der Waals surface area (Å²) >= 11 is 0. The zero-order chi connectivity index (χ0) is 11.0. The van der Waals surface area contributed by atoms with Crippen molar-refractivity contribution < 1.29 is 13.9 Å². The van der Waals surface area contributed by atoms with Crippen molar-refractivity contribution in [2.24, 2.45) is 4.99 Å². The van der Waals surface area contributed by atoms with Gasteiger partial charge in [-0.25, -0.2) is 14.2 Å². The maximum atomic E-state index is 13.5. The maximum Gasteiger partial charge on any atom is 0.345 e. The third-order valence-corrected chi connectivity index (χ3v) is 2.01. The monoisotopic (exact) mass is 207 g/mol. The van der Waals surface area contributed by atoms with Crippen molar-refractivity contribution in [2.75, 3.05) is 0 Å². The van der Waals surface area contributed by atoms with Crippen LogP contribution in [0.25, 0.3) is 0 Å². The van der Waals surface area contributed by atoms with E-state index in [0.29, 0.717) is 0 Å². The molecule has 15 heavy (non-hydrogen) atoms. The summed E-state index contributed by atoms with van der Waals surface area (Å²) in [6, 6.07) is 4.26. The van der Waals surface area contributed by atoms with Crippen molar-refractivity contribution in [1.82, 2.24) is 0 Å². The van der Waals surface area contributed by atoms with Gasteiger partial charge in [0, 0.05) is 6.04 Å². The number of nitrogens with zero attached hydrogens (tertiary/aromatic N) is 1. The van der Waals surface area contributed by atoms with Gasteiger partial charge in [-0.3, -0.25) is 0 Å². The summed E-state index contributed by atoms with van der Waals surface area (Å²) in [5.74, 6) is -0.926. The third kappa shape index (κ3) is 1.63. The van der Waals surface area contributed by atoms with Crippen LogP contribution in [-0.2, 0) is 4.74 Å². The fraction of sp³-hybridized carbons (Fsp3) is 0.273. The predicted molar refractivity (Wildman–Crippen MR) is 53.5 cm³/mol. The Kier molecular flexibility index (Phi) is 2.26. The van der Waals surface area contributed by atoms with E-state index in [2.05, 4.69) is 4.99 Å². The molecule has 1 aliphatic rings. The van der Waals surface area contributed by atoms with Gasteiger partial charge in [0.05, 0.1) is 11.1 Å². The lowest BCUT2D eigenvalue weighted by Gasteiger charge is -2.00. The fourth-order valence-electron chi connectivity index (χ4n) is 1.43.